The lowest BCUT2D eigenvalue weighted by Crippen LogP contribution is -1.97. The van der Waals surface area contributed by atoms with Crippen LogP contribution in [0.15, 0.2) is 46.9 Å². The topological polar surface area (TPSA) is 29.5 Å². The number of aliphatic hydroxyl groups excluding tert-OH is 1. The monoisotopic (exact) mass is 366 g/mol. The fourth-order valence-corrected chi connectivity index (χ4v) is 3.84. The maximum absolute atomic E-state index is 13.2. The van der Waals surface area contributed by atoms with Gasteiger partial charge in [0.25, 0.3) is 0 Å². The van der Waals surface area contributed by atoms with Gasteiger partial charge in [-0.05, 0) is 57.2 Å². The van der Waals surface area contributed by atoms with Crippen LogP contribution in [0.1, 0.15) is 16.5 Å². The number of aliphatic hydroxyl groups is 1. The third-order valence-corrected chi connectivity index (χ3v) is 5.03. The molecule has 0 saturated carbocycles. The lowest BCUT2D eigenvalue weighted by atomic mass is 10.1. The Kier molecular flexibility index (Phi) is 3.97. The van der Waals surface area contributed by atoms with Crippen molar-refractivity contribution in [3.63, 3.8) is 0 Å². The van der Waals surface area contributed by atoms with Crippen LogP contribution in [-0.2, 0) is 0 Å². The van der Waals surface area contributed by atoms with Gasteiger partial charge in [-0.15, -0.1) is 11.3 Å². The van der Waals surface area contributed by atoms with E-state index in [1.807, 2.05) is 18.2 Å². The van der Waals surface area contributed by atoms with Gasteiger partial charge >= 0.3 is 0 Å². The summed E-state index contributed by atoms with van der Waals surface area (Å²) in [7, 11) is 1.59. The van der Waals surface area contributed by atoms with E-state index >= 15 is 0 Å². The predicted molar refractivity (Wildman–Crippen MR) is 86.5 cm³/mol. The van der Waals surface area contributed by atoms with Crippen molar-refractivity contribution in [2.45, 2.75) is 6.10 Å². The van der Waals surface area contributed by atoms with Crippen molar-refractivity contribution < 1.29 is 14.2 Å². The van der Waals surface area contributed by atoms with Gasteiger partial charge in [0.05, 0.1) is 11.6 Å². The maximum atomic E-state index is 13.2. The first-order chi connectivity index (χ1) is 10.1. The average Bonchev–Trinajstić information content (AvgIpc) is 2.89. The molecule has 0 aliphatic carbocycles. The molecular weight excluding hydrogens is 355 g/mol. The van der Waals surface area contributed by atoms with Crippen molar-refractivity contribution in [2.24, 2.45) is 0 Å². The van der Waals surface area contributed by atoms with Gasteiger partial charge in [0, 0.05) is 9.58 Å². The average molecular weight is 367 g/mol. The van der Waals surface area contributed by atoms with Crippen LogP contribution in [0.4, 0.5) is 4.39 Å². The normalized spacial score (nSPS) is 12.6. The molecule has 0 aliphatic heterocycles. The van der Waals surface area contributed by atoms with E-state index in [0.717, 1.165) is 25.0 Å². The molecule has 0 bridgehead atoms. The number of halogens is 2. The molecule has 0 radical (unpaired) electrons. The Morgan fingerprint density at radius 2 is 2.00 bits per heavy atom. The van der Waals surface area contributed by atoms with Gasteiger partial charge in [-0.3, -0.25) is 0 Å². The Balaban J connectivity index is 1.99. The van der Waals surface area contributed by atoms with Crippen LogP contribution in [0.5, 0.6) is 5.75 Å². The molecule has 0 amide bonds. The molecule has 1 unspecified atom stereocenters. The Hall–Kier alpha value is -1.43. The molecule has 0 fully saturated rings. The molecule has 2 nitrogen and oxygen atoms in total. The first kappa shape index (κ1) is 14.5. The van der Waals surface area contributed by atoms with Crippen molar-refractivity contribution in [1.82, 2.24) is 0 Å². The lowest BCUT2D eigenvalue weighted by Gasteiger charge is -2.11. The number of hydrogen-bond acceptors (Lipinski definition) is 3. The van der Waals surface area contributed by atoms with Crippen molar-refractivity contribution >= 4 is 37.4 Å². The number of methoxy groups -OCH3 is 1. The van der Waals surface area contributed by atoms with E-state index in [0.29, 0.717) is 5.75 Å². The first-order valence-corrected chi connectivity index (χ1v) is 7.90. The summed E-state index contributed by atoms with van der Waals surface area (Å²) < 4.78 is 20.0. The lowest BCUT2D eigenvalue weighted by molar-refractivity contribution is 0.224. The Morgan fingerprint density at radius 1 is 1.19 bits per heavy atom. The largest absolute Gasteiger partial charge is 0.496 e. The Morgan fingerprint density at radius 3 is 2.71 bits per heavy atom. The van der Waals surface area contributed by atoms with E-state index in [4.69, 9.17) is 4.74 Å². The minimum Gasteiger partial charge on any atom is -0.496 e. The fourth-order valence-electron chi connectivity index (χ4n) is 2.18. The highest BCUT2D eigenvalue weighted by molar-refractivity contribution is 9.10. The van der Waals surface area contributed by atoms with Crippen LogP contribution in [0.25, 0.3) is 10.1 Å². The Bertz CT molecular complexity index is 800. The molecule has 108 valence electrons. The Labute approximate surface area is 133 Å². The van der Waals surface area contributed by atoms with Gasteiger partial charge in [-0.1, -0.05) is 12.1 Å². The van der Waals surface area contributed by atoms with Gasteiger partial charge < -0.3 is 9.84 Å². The molecule has 1 aromatic heterocycles. The van der Waals surface area contributed by atoms with Crippen molar-refractivity contribution in [2.75, 3.05) is 7.11 Å². The standard InChI is InChI=1S/C16H12BrFO2S/c1-20-13-5-3-10(6-12(13)17)16(19)15-7-9-2-4-11(18)8-14(9)21-15/h2-8,16,19H,1H3. The predicted octanol–water partition coefficient (Wildman–Crippen LogP) is 4.89. The number of hydrogen-bond donors (Lipinski definition) is 1. The van der Waals surface area contributed by atoms with Crippen LogP contribution in [0.2, 0.25) is 0 Å². The summed E-state index contributed by atoms with van der Waals surface area (Å²) in [4.78, 5) is 0.785. The summed E-state index contributed by atoms with van der Waals surface area (Å²) in [5.74, 6) is 0.446. The minimum atomic E-state index is -0.743. The van der Waals surface area contributed by atoms with Crippen LogP contribution in [0.3, 0.4) is 0 Å². The fraction of sp³-hybridized carbons (Fsp3) is 0.125. The molecule has 1 atom stereocenters. The highest BCUT2D eigenvalue weighted by Gasteiger charge is 2.15. The summed E-state index contributed by atoms with van der Waals surface area (Å²) in [6, 6.07) is 12.0. The van der Waals surface area contributed by atoms with Crippen molar-refractivity contribution in [3.05, 3.63) is 63.2 Å². The third kappa shape index (κ3) is 2.81. The van der Waals surface area contributed by atoms with E-state index in [9.17, 15) is 9.50 Å². The number of rotatable bonds is 3. The van der Waals surface area contributed by atoms with E-state index in [-0.39, 0.29) is 5.82 Å². The van der Waals surface area contributed by atoms with Gasteiger partial charge in [0.15, 0.2) is 0 Å². The third-order valence-electron chi connectivity index (χ3n) is 3.26. The van der Waals surface area contributed by atoms with E-state index in [1.165, 1.54) is 23.5 Å². The second-order valence-corrected chi connectivity index (χ2v) is 6.60. The number of thiophene rings is 1. The van der Waals surface area contributed by atoms with E-state index in [1.54, 1.807) is 19.2 Å². The summed E-state index contributed by atoms with van der Waals surface area (Å²) in [5, 5.41) is 11.4. The molecule has 0 aliphatic rings. The summed E-state index contributed by atoms with van der Waals surface area (Å²) in [6.45, 7) is 0. The van der Waals surface area contributed by atoms with Crippen molar-refractivity contribution in [1.29, 1.82) is 0 Å². The molecular formula is C16H12BrFO2S. The zero-order valence-electron chi connectivity index (χ0n) is 11.1. The van der Waals surface area contributed by atoms with Gasteiger partial charge in [0.1, 0.15) is 17.7 Å². The van der Waals surface area contributed by atoms with Gasteiger partial charge in [-0.2, -0.15) is 0 Å². The number of fused-ring (bicyclic) bond motifs is 1. The van der Waals surface area contributed by atoms with Crippen LogP contribution in [-0.4, -0.2) is 12.2 Å². The number of benzene rings is 2. The highest BCUT2D eigenvalue weighted by atomic mass is 79.9. The molecule has 2 aromatic carbocycles. The quantitative estimate of drug-likeness (QED) is 0.714. The zero-order valence-corrected chi connectivity index (χ0v) is 13.5. The van der Waals surface area contributed by atoms with E-state index < -0.39 is 6.10 Å². The highest BCUT2D eigenvalue weighted by Crippen LogP contribution is 2.35. The first-order valence-electron chi connectivity index (χ1n) is 6.29. The minimum absolute atomic E-state index is 0.266. The smallest absolute Gasteiger partial charge is 0.133 e. The van der Waals surface area contributed by atoms with Crippen LogP contribution >= 0.6 is 27.3 Å². The second-order valence-electron chi connectivity index (χ2n) is 4.63. The molecule has 0 saturated heterocycles. The molecule has 3 aromatic rings. The van der Waals surface area contributed by atoms with E-state index in [2.05, 4.69) is 15.9 Å². The van der Waals surface area contributed by atoms with Gasteiger partial charge in [0.2, 0.25) is 0 Å². The summed E-state index contributed by atoms with van der Waals surface area (Å²) >= 11 is 4.80. The van der Waals surface area contributed by atoms with Crippen molar-refractivity contribution in [3.8, 4) is 5.75 Å². The summed E-state index contributed by atoms with van der Waals surface area (Å²) in [6.07, 6.45) is -0.743. The zero-order chi connectivity index (χ0) is 15.0. The maximum Gasteiger partial charge on any atom is 0.133 e. The molecule has 21 heavy (non-hydrogen) atoms. The van der Waals surface area contributed by atoms with Gasteiger partial charge in [-0.25, -0.2) is 4.39 Å². The number of ether oxygens (including phenoxy) is 1. The second kappa shape index (κ2) is 5.75. The van der Waals surface area contributed by atoms with Crippen LogP contribution in [0, 0.1) is 5.82 Å². The molecule has 1 N–H and O–H groups in total. The molecule has 0 spiro atoms. The SMILES string of the molecule is COc1ccc(C(O)c2cc3ccc(F)cc3s2)cc1Br. The van der Waals surface area contributed by atoms with Crippen LogP contribution < -0.4 is 4.74 Å². The molecule has 3 rings (SSSR count). The molecule has 5 heteroatoms. The molecule has 1 heterocycles. The summed E-state index contributed by atoms with van der Waals surface area (Å²) in [5.41, 5.74) is 0.759.